The molecule has 1 aliphatic heterocycles. The van der Waals surface area contributed by atoms with Gasteiger partial charge < -0.3 is 16.2 Å². The van der Waals surface area contributed by atoms with Crippen LogP contribution in [0, 0.1) is 0 Å². The van der Waals surface area contributed by atoms with Crippen molar-refractivity contribution in [1.82, 2.24) is 30.9 Å². The molecule has 0 bridgehead atoms. The zero-order valence-corrected chi connectivity index (χ0v) is 20.1. The van der Waals surface area contributed by atoms with E-state index in [1.165, 1.54) is 18.3 Å². The van der Waals surface area contributed by atoms with Gasteiger partial charge in [-0.25, -0.2) is 26.8 Å². The molecule has 4 rings (SSSR count). The van der Waals surface area contributed by atoms with Crippen molar-refractivity contribution < 1.29 is 39.9 Å². The van der Waals surface area contributed by atoms with Gasteiger partial charge in [-0.1, -0.05) is 6.07 Å². The quantitative estimate of drug-likeness (QED) is 0.253. The number of nitrogens with two attached hydrogens (primary N) is 2. The topological polar surface area (TPSA) is 237 Å². The van der Waals surface area contributed by atoms with Crippen molar-refractivity contribution >= 4 is 25.8 Å². The lowest BCUT2D eigenvalue weighted by Crippen LogP contribution is -2.51. The van der Waals surface area contributed by atoms with E-state index < -0.39 is 47.0 Å². The van der Waals surface area contributed by atoms with Gasteiger partial charge in [0.1, 0.15) is 4.90 Å². The number of pyridine rings is 1. The van der Waals surface area contributed by atoms with Crippen LogP contribution in [0.15, 0.2) is 40.4 Å². The van der Waals surface area contributed by atoms with E-state index >= 15 is 0 Å². The molecule has 0 aliphatic carbocycles. The van der Waals surface area contributed by atoms with Gasteiger partial charge in [0.05, 0.1) is 15.7 Å². The standard InChI is InChI=1S/C16H18N8O4S2.C2HF3O2/c17-4-9-3-10(6-19-5-9)12-1-2-13(29(25,26)11-7-20-8-11)15(30(18,27)28)14(12)16-21-23-24-22-16;3-2(4,5)1(6)7/h1-3,5-6,11,20H,4,7-8,17H2,(H2,18,27,28)(H,21,22,23,24);(H,6,7). The minimum absolute atomic E-state index is 0.0735. The number of nitrogens with one attached hydrogen (secondary N) is 2. The molecule has 200 valence electrons. The van der Waals surface area contributed by atoms with Gasteiger partial charge in [-0.15, -0.1) is 10.2 Å². The van der Waals surface area contributed by atoms with E-state index in [1.54, 1.807) is 12.3 Å². The van der Waals surface area contributed by atoms with Crippen LogP contribution in [-0.2, 0) is 31.2 Å². The second-order valence-electron chi connectivity index (χ2n) is 7.51. The Morgan fingerprint density at radius 2 is 1.81 bits per heavy atom. The minimum atomic E-state index is -5.08. The normalized spacial score (nSPS) is 14.4. The maximum absolute atomic E-state index is 13.1. The third kappa shape index (κ3) is 6.07. The third-order valence-corrected chi connectivity index (χ3v) is 8.34. The molecule has 1 aromatic carbocycles. The number of nitrogens with zero attached hydrogens (tertiary/aromatic N) is 4. The number of aromatic nitrogens is 5. The molecule has 0 saturated carbocycles. The number of hydrogen-bond donors (Lipinski definition) is 5. The van der Waals surface area contributed by atoms with Gasteiger partial charge in [0.25, 0.3) is 0 Å². The Labute approximate surface area is 207 Å². The zero-order chi connectivity index (χ0) is 27.6. The molecule has 1 saturated heterocycles. The number of carbonyl (C=O) groups is 1. The summed E-state index contributed by atoms with van der Waals surface area (Å²) in [6.45, 7) is 0.643. The molecule has 2 aromatic heterocycles. The molecule has 0 amide bonds. The summed E-state index contributed by atoms with van der Waals surface area (Å²) in [6, 6.07) is 4.43. The third-order valence-electron chi connectivity index (χ3n) is 5.05. The van der Waals surface area contributed by atoms with E-state index in [9.17, 15) is 30.0 Å². The molecule has 0 radical (unpaired) electrons. The van der Waals surface area contributed by atoms with Crippen LogP contribution in [-0.4, -0.2) is 78.0 Å². The number of carboxylic acid groups (broad SMARTS) is 1. The molecule has 0 unspecified atom stereocenters. The fraction of sp³-hybridized carbons (Fsp3) is 0.278. The number of alkyl halides is 3. The number of tetrazole rings is 1. The van der Waals surface area contributed by atoms with Crippen LogP contribution in [0.5, 0.6) is 0 Å². The van der Waals surface area contributed by atoms with Crippen LogP contribution in [0.4, 0.5) is 13.2 Å². The number of sulfonamides is 1. The number of aliphatic carboxylic acids is 1. The summed E-state index contributed by atoms with van der Waals surface area (Å²) >= 11 is 0. The fourth-order valence-corrected chi connectivity index (χ4v) is 6.39. The Hall–Kier alpha value is -3.52. The highest BCUT2D eigenvalue weighted by atomic mass is 32.2. The first-order valence-corrected chi connectivity index (χ1v) is 13.1. The van der Waals surface area contributed by atoms with Crippen LogP contribution in [0.2, 0.25) is 0 Å². The largest absolute Gasteiger partial charge is 0.490 e. The van der Waals surface area contributed by atoms with Crippen molar-refractivity contribution in [3.8, 4) is 22.5 Å². The Kier molecular flexibility index (Phi) is 7.93. The van der Waals surface area contributed by atoms with Gasteiger partial charge in [-0.05, 0) is 28.5 Å². The van der Waals surface area contributed by atoms with Crippen LogP contribution in [0.25, 0.3) is 22.5 Å². The molecular formula is C18H19F3N8O6S2. The first kappa shape index (κ1) is 28.1. The second kappa shape index (κ2) is 10.5. The predicted molar refractivity (Wildman–Crippen MR) is 120 cm³/mol. The molecule has 19 heteroatoms. The van der Waals surface area contributed by atoms with Gasteiger partial charge in [0.15, 0.2) is 9.84 Å². The van der Waals surface area contributed by atoms with E-state index in [0.717, 1.165) is 0 Å². The maximum Gasteiger partial charge on any atom is 0.490 e. The average molecular weight is 565 g/mol. The van der Waals surface area contributed by atoms with Crippen molar-refractivity contribution in [1.29, 1.82) is 0 Å². The summed E-state index contributed by atoms with van der Waals surface area (Å²) in [4.78, 5) is 12.0. The van der Waals surface area contributed by atoms with E-state index in [2.05, 4.69) is 30.9 Å². The van der Waals surface area contributed by atoms with Crippen LogP contribution in [0.1, 0.15) is 5.56 Å². The zero-order valence-electron chi connectivity index (χ0n) is 18.5. The van der Waals surface area contributed by atoms with Gasteiger partial charge in [0, 0.05) is 37.6 Å². The van der Waals surface area contributed by atoms with Crippen molar-refractivity contribution in [2.75, 3.05) is 13.1 Å². The van der Waals surface area contributed by atoms with E-state index in [-0.39, 0.29) is 31.0 Å². The number of rotatable bonds is 6. The average Bonchev–Trinajstić information content (AvgIpc) is 3.30. The SMILES string of the molecule is NCc1cncc(-c2ccc(S(=O)(=O)C3CNC3)c(S(N)(=O)=O)c2-c2nn[nH]n2)c1.O=C(O)C(F)(F)F. The monoisotopic (exact) mass is 564 g/mol. The molecule has 3 aromatic rings. The summed E-state index contributed by atoms with van der Waals surface area (Å²) in [7, 11) is -8.49. The van der Waals surface area contributed by atoms with Crippen molar-refractivity contribution in [3.05, 3.63) is 36.2 Å². The number of primary sulfonamides is 1. The van der Waals surface area contributed by atoms with Gasteiger partial charge in [0.2, 0.25) is 15.8 Å². The maximum atomic E-state index is 13.1. The summed E-state index contributed by atoms with van der Waals surface area (Å²) in [5, 5.41) is 28.2. The predicted octanol–water partition coefficient (Wildman–Crippen LogP) is -0.586. The number of sulfone groups is 1. The first-order valence-electron chi connectivity index (χ1n) is 10.0. The number of carboxylic acids is 1. The fourth-order valence-electron chi connectivity index (χ4n) is 3.21. The Morgan fingerprint density at radius 3 is 2.27 bits per heavy atom. The molecule has 1 aliphatic rings. The van der Waals surface area contributed by atoms with Crippen molar-refractivity contribution in [2.24, 2.45) is 10.9 Å². The highest BCUT2D eigenvalue weighted by Gasteiger charge is 2.39. The smallest absolute Gasteiger partial charge is 0.475 e. The number of benzene rings is 1. The van der Waals surface area contributed by atoms with Crippen molar-refractivity contribution in [2.45, 2.75) is 27.8 Å². The summed E-state index contributed by atoms with van der Waals surface area (Å²) in [5.74, 6) is -2.87. The molecule has 0 atom stereocenters. The molecular weight excluding hydrogens is 545 g/mol. The molecule has 37 heavy (non-hydrogen) atoms. The van der Waals surface area contributed by atoms with Gasteiger partial charge >= 0.3 is 12.1 Å². The summed E-state index contributed by atoms with van der Waals surface area (Å²) < 4.78 is 83.2. The van der Waals surface area contributed by atoms with E-state index in [4.69, 9.17) is 20.8 Å². The minimum Gasteiger partial charge on any atom is -0.475 e. The highest BCUT2D eigenvalue weighted by Crippen LogP contribution is 2.39. The van der Waals surface area contributed by atoms with Crippen LogP contribution < -0.4 is 16.2 Å². The summed E-state index contributed by atoms with van der Waals surface area (Å²) in [5.41, 5.74) is 7.13. The highest BCUT2D eigenvalue weighted by molar-refractivity contribution is 7.94. The Bertz CT molecular complexity index is 1510. The number of hydrogen-bond acceptors (Lipinski definition) is 11. The van der Waals surface area contributed by atoms with Gasteiger partial charge in [-0.3, -0.25) is 4.98 Å². The van der Waals surface area contributed by atoms with E-state index in [0.29, 0.717) is 16.7 Å². The van der Waals surface area contributed by atoms with E-state index in [1.807, 2.05) is 0 Å². The van der Waals surface area contributed by atoms with Crippen LogP contribution in [0.3, 0.4) is 0 Å². The lowest BCUT2D eigenvalue weighted by atomic mass is 9.99. The lowest BCUT2D eigenvalue weighted by molar-refractivity contribution is -0.192. The number of halogens is 3. The molecule has 0 spiro atoms. The Balaban J connectivity index is 0.000000479. The van der Waals surface area contributed by atoms with Crippen LogP contribution >= 0.6 is 0 Å². The number of H-pyrrole nitrogens is 1. The molecule has 1 fully saturated rings. The number of aromatic amines is 1. The molecule has 14 nitrogen and oxygen atoms in total. The first-order chi connectivity index (χ1) is 17.2. The van der Waals surface area contributed by atoms with Crippen molar-refractivity contribution in [3.63, 3.8) is 0 Å². The Morgan fingerprint density at radius 1 is 1.16 bits per heavy atom. The molecule has 3 heterocycles. The van der Waals surface area contributed by atoms with Gasteiger partial charge in [-0.2, -0.15) is 18.4 Å². The molecule has 7 N–H and O–H groups in total. The second-order valence-corrected chi connectivity index (χ2v) is 11.2. The lowest BCUT2D eigenvalue weighted by Gasteiger charge is -2.28. The summed E-state index contributed by atoms with van der Waals surface area (Å²) in [6.07, 6.45) is -2.02.